The molecule has 0 bridgehead atoms. The van der Waals surface area contributed by atoms with Gasteiger partial charge in [0.25, 0.3) is 0 Å². The SMILES string of the molecule is [C]1=C[N]CO1. The zero-order valence-corrected chi connectivity index (χ0v) is 2.64. The first-order valence-corrected chi connectivity index (χ1v) is 1.36. The Bertz CT molecular complexity index is 44.9. The van der Waals surface area contributed by atoms with Crippen LogP contribution in [-0.2, 0) is 4.74 Å². The minimum Gasteiger partial charge on any atom is -0.466 e. The summed E-state index contributed by atoms with van der Waals surface area (Å²) in [5, 5.41) is 3.62. The summed E-state index contributed by atoms with van der Waals surface area (Å²) in [5.41, 5.74) is 0. The van der Waals surface area contributed by atoms with Gasteiger partial charge in [0, 0.05) is 0 Å². The van der Waals surface area contributed by atoms with Crippen molar-refractivity contribution in [1.29, 1.82) is 0 Å². The maximum Gasteiger partial charge on any atom is 0.183 e. The summed E-state index contributed by atoms with van der Waals surface area (Å²) < 4.78 is 4.47. The first-order chi connectivity index (χ1) is 2.50. The van der Waals surface area contributed by atoms with Gasteiger partial charge in [0.1, 0.15) is 0 Å². The molecule has 0 amide bonds. The van der Waals surface area contributed by atoms with Crippen LogP contribution in [0, 0.1) is 6.26 Å². The Labute approximate surface area is 30.4 Å². The van der Waals surface area contributed by atoms with E-state index in [0.717, 1.165) is 0 Å². The second kappa shape index (κ2) is 0.971. The first kappa shape index (κ1) is 2.57. The summed E-state index contributed by atoms with van der Waals surface area (Å²) >= 11 is 0. The highest BCUT2D eigenvalue weighted by molar-refractivity contribution is 4.65. The van der Waals surface area contributed by atoms with E-state index >= 15 is 0 Å². The van der Waals surface area contributed by atoms with Crippen LogP contribution in [0.25, 0.3) is 0 Å². The summed E-state index contributed by atoms with van der Waals surface area (Å²) in [7, 11) is 0. The lowest BCUT2D eigenvalue weighted by Crippen LogP contribution is -1.88. The van der Waals surface area contributed by atoms with Gasteiger partial charge in [-0.1, -0.05) is 0 Å². The number of hydrogen-bond acceptors (Lipinski definition) is 1. The van der Waals surface area contributed by atoms with E-state index in [9.17, 15) is 0 Å². The second-order valence-corrected chi connectivity index (χ2v) is 0.703. The fourth-order valence-electron chi connectivity index (χ4n) is 0.186. The molecule has 26 valence electrons. The maximum absolute atomic E-state index is 4.47. The van der Waals surface area contributed by atoms with Crippen LogP contribution >= 0.6 is 0 Å². The van der Waals surface area contributed by atoms with Crippen molar-refractivity contribution in [2.24, 2.45) is 0 Å². The molecule has 0 aromatic heterocycles. The fourth-order valence-corrected chi connectivity index (χ4v) is 0.186. The molecule has 1 aliphatic heterocycles. The van der Waals surface area contributed by atoms with E-state index in [1.54, 1.807) is 0 Å². The summed E-state index contributed by atoms with van der Waals surface area (Å²) in [5.74, 6) is 0. The molecule has 0 fully saturated rings. The number of rotatable bonds is 0. The van der Waals surface area contributed by atoms with E-state index in [0.29, 0.717) is 6.73 Å². The summed E-state index contributed by atoms with van der Waals surface area (Å²) in [6.07, 6.45) is 3.94. The van der Waals surface area contributed by atoms with Gasteiger partial charge in [-0.3, -0.25) is 0 Å². The average molecular weight is 69.1 g/mol. The zero-order chi connectivity index (χ0) is 3.54. The molecule has 1 rings (SSSR count). The molecule has 1 heterocycles. The van der Waals surface area contributed by atoms with Crippen molar-refractivity contribution < 1.29 is 4.74 Å². The normalized spacial score (nSPS) is 17.6. The summed E-state index contributed by atoms with van der Waals surface area (Å²) in [6, 6.07) is 0. The van der Waals surface area contributed by atoms with Crippen LogP contribution in [0.5, 0.6) is 0 Å². The zero-order valence-electron chi connectivity index (χ0n) is 2.64. The van der Waals surface area contributed by atoms with E-state index in [1.165, 1.54) is 6.20 Å². The van der Waals surface area contributed by atoms with Crippen LogP contribution in [0.1, 0.15) is 0 Å². The first-order valence-electron chi connectivity index (χ1n) is 1.36. The molecule has 0 saturated carbocycles. The minimum absolute atomic E-state index is 0.458. The van der Waals surface area contributed by atoms with Gasteiger partial charge in [-0.2, -0.15) is 0 Å². The van der Waals surface area contributed by atoms with Crippen LogP contribution in [0.4, 0.5) is 0 Å². The molecule has 2 radical (unpaired) electrons. The van der Waals surface area contributed by atoms with E-state index in [-0.39, 0.29) is 0 Å². The lowest BCUT2D eigenvalue weighted by molar-refractivity contribution is 0.246. The highest BCUT2D eigenvalue weighted by atomic mass is 16.5. The Kier molecular flexibility index (Phi) is 0.499. The lowest BCUT2D eigenvalue weighted by atomic mass is 11.0. The molecule has 0 aromatic carbocycles. The molecular weight excluding hydrogens is 66.0 g/mol. The van der Waals surface area contributed by atoms with Gasteiger partial charge in [-0.05, 0) is 0 Å². The molecule has 2 nitrogen and oxygen atoms in total. The largest absolute Gasteiger partial charge is 0.466 e. The van der Waals surface area contributed by atoms with Gasteiger partial charge in [0.05, 0.1) is 6.20 Å². The van der Waals surface area contributed by atoms with E-state index in [2.05, 4.69) is 16.3 Å². The number of hydrogen-bond donors (Lipinski definition) is 0. The topological polar surface area (TPSA) is 23.3 Å². The van der Waals surface area contributed by atoms with Crippen molar-refractivity contribution in [3.63, 3.8) is 0 Å². The van der Waals surface area contributed by atoms with E-state index < -0.39 is 0 Å². The van der Waals surface area contributed by atoms with Crippen LogP contribution in [0.15, 0.2) is 6.20 Å². The molecule has 0 aromatic rings. The van der Waals surface area contributed by atoms with Gasteiger partial charge >= 0.3 is 0 Å². The minimum atomic E-state index is 0.458. The lowest BCUT2D eigenvalue weighted by Gasteiger charge is -1.78. The quantitative estimate of drug-likeness (QED) is 0.388. The van der Waals surface area contributed by atoms with Gasteiger partial charge in [0.2, 0.25) is 0 Å². The third-order valence-corrected chi connectivity index (χ3v) is 0.366. The third-order valence-electron chi connectivity index (χ3n) is 0.366. The molecule has 0 saturated heterocycles. The van der Waals surface area contributed by atoms with Crippen molar-refractivity contribution in [3.05, 3.63) is 12.5 Å². The Morgan fingerprint density at radius 2 is 3.00 bits per heavy atom. The average Bonchev–Trinajstić information content (AvgIpc) is 1.76. The maximum atomic E-state index is 4.47. The Balaban J connectivity index is 2.32. The molecular formula is C3H3NO. The molecule has 0 spiro atoms. The summed E-state index contributed by atoms with van der Waals surface area (Å²) in [6.45, 7) is 0.458. The molecule has 0 unspecified atom stereocenters. The Hall–Kier alpha value is -0.660. The Morgan fingerprint density at radius 1 is 2.00 bits per heavy atom. The molecule has 2 heteroatoms. The standard InChI is InChI=1S/C3H3NO/c1-2-5-3-4-1/h1H,3H2. The third kappa shape index (κ3) is 0.318. The van der Waals surface area contributed by atoms with Crippen LogP contribution in [0.3, 0.4) is 0 Å². The van der Waals surface area contributed by atoms with E-state index in [1.807, 2.05) is 0 Å². The predicted octanol–water partition coefficient (Wildman–Crippen LogP) is -0.147. The highest BCUT2D eigenvalue weighted by Crippen LogP contribution is 1.79. The number of ether oxygens (including phenoxy) is 1. The molecule has 1 aliphatic rings. The number of nitrogens with zero attached hydrogens (tertiary/aromatic N) is 1. The van der Waals surface area contributed by atoms with Crippen molar-refractivity contribution in [2.75, 3.05) is 6.73 Å². The van der Waals surface area contributed by atoms with Crippen molar-refractivity contribution in [1.82, 2.24) is 5.32 Å². The predicted molar refractivity (Wildman–Crippen MR) is 15.9 cm³/mol. The van der Waals surface area contributed by atoms with Crippen molar-refractivity contribution >= 4 is 0 Å². The summed E-state index contributed by atoms with van der Waals surface area (Å²) in [4.78, 5) is 0. The second-order valence-electron chi connectivity index (χ2n) is 0.703. The van der Waals surface area contributed by atoms with Crippen LogP contribution < -0.4 is 5.32 Å². The van der Waals surface area contributed by atoms with Gasteiger partial charge in [0.15, 0.2) is 13.0 Å². The van der Waals surface area contributed by atoms with Gasteiger partial charge in [-0.15, -0.1) is 0 Å². The monoisotopic (exact) mass is 69.0 g/mol. The molecule has 0 atom stereocenters. The fraction of sp³-hybridized carbons (Fsp3) is 0.333. The van der Waals surface area contributed by atoms with E-state index in [4.69, 9.17) is 0 Å². The Morgan fingerprint density at radius 3 is 3.20 bits per heavy atom. The smallest absolute Gasteiger partial charge is 0.183 e. The van der Waals surface area contributed by atoms with Gasteiger partial charge < -0.3 is 4.74 Å². The highest BCUT2D eigenvalue weighted by Gasteiger charge is 1.84. The van der Waals surface area contributed by atoms with Gasteiger partial charge in [-0.25, -0.2) is 5.32 Å². The molecule has 5 heavy (non-hydrogen) atoms. The van der Waals surface area contributed by atoms with Crippen LogP contribution in [0.2, 0.25) is 0 Å². The van der Waals surface area contributed by atoms with Crippen LogP contribution in [-0.4, -0.2) is 6.73 Å². The molecule has 0 aliphatic carbocycles. The van der Waals surface area contributed by atoms with Crippen molar-refractivity contribution in [3.8, 4) is 0 Å². The van der Waals surface area contributed by atoms with Crippen molar-refractivity contribution in [2.45, 2.75) is 0 Å². The molecule has 0 N–H and O–H groups in total.